The first-order chi connectivity index (χ1) is 14.1. The maximum atomic E-state index is 13.0. The van der Waals surface area contributed by atoms with Gasteiger partial charge < -0.3 is 15.0 Å². The number of fused-ring (bicyclic) bond motifs is 2. The van der Waals surface area contributed by atoms with Crippen molar-refractivity contribution in [2.24, 2.45) is 0 Å². The molecule has 0 bridgehead atoms. The summed E-state index contributed by atoms with van der Waals surface area (Å²) in [4.78, 5) is 26.3. The van der Waals surface area contributed by atoms with E-state index in [1.807, 2.05) is 55.5 Å². The van der Waals surface area contributed by atoms with Crippen LogP contribution in [0.15, 0.2) is 60.7 Å². The third-order valence-electron chi connectivity index (χ3n) is 5.24. The zero-order chi connectivity index (χ0) is 20.4. The maximum absolute atomic E-state index is 13.0. The number of hydrogen-bond acceptors (Lipinski definition) is 3. The second kappa shape index (κ2) is 7.95. The Morgan fingerprint density at radius 1 is 1.07 bits per heavy atom. The highest BCUT2D eigenvalue weighted by atomic mass is 16.5. The van der Waals surface area contributed by atoms with Gasteiger partial charge in [0.1, 0.15) is 11.8 Å². The molecule has 4 rings (SSSR count). The molecular weight excluding hydrogens is 364 g/mol. The zero-order valence-corrected chi connectivity index (χ0v) is 16.6. The first-order valence-corrected chi connectivity index (χ1v) is 9.85. The van der Waals surface area contributed by atoms with Crippen LogP contribution in [0.3, 0.4) is 0 Å². The minimum absolute atomic E-state index is 0.0883. The molecule has 5 heteroatoms. The Morgan fingerprint density at radius 3 is 2.66 bits per heavy atom. The molecule has 0 aromatic heterocycles. The molecule has 1 aliphatic heterocycles. The highest BCUT2D eigenvalue weighted by molar-refractivity contribution is 6.06. The van der Waals surface area contributed by atoms with Gasteiger partial charge in [0, 0.05) is 24.4 Å². The molecule has 1 N–H and O–H groups in total. The van der Waals surface area contributed by atoms with E-state index < -0.39 is 6.04 Å². The number of ether oxygens (including phenoxy) is 1. The molecular formula is C24H24N2O3. The highest BCUT2D eigenvalue weighted by Gasteiger charge is 2.38. The lowest BCUT2D eigenvalue weighted by Gasteiger charge is -2.20. The molecule has 29 heavy (non-hydrogen) atoms. The monoisotopic (exact) mass is 388 g/mol. The molecule has 0 radical (unpaired) electrons. The van der Waals surface area contributed by atoms with E-state index in [1.165, 1.54) is 6.92 Å². The van der Waals surface area contributed by atoms with Gasteiger partial charge in [-0.25, -0.2) is 0 Å². The van der Waals surface area contributed by atoms with E-state index in [1.54, 1.807) is 4.90 Å². The van der Waals surface area contributed by atoms with E-state index in [0.29, 0.717) is 19.6 Å². The summed E-state index contributed by atoms with van der Waals surface area (Å²) in [6.07, 6.45) is 0.690. The number of para-hydroxylation sites is 1. The Hall–Kier alpha value is -3.34. The van der Waals surface area contributed by atoms with Gasteiger partial charge in [-0.15, -0.1) is 0 Å². The van der Waals surface area contributed by atoms with E-state index >= 15 is 0 Å². The first-order valence-electron chi connectivity index (χ1n) is 9.85. The molecule has 0 unspecified atom stereocenters. The van der Waals surface area contributed by atoms with E-state index in [-0.39, 0.29) is 11.8 Å². The normalized spacial score (nSPS) is 15.4. The minimum Gasteiger partial charge on any atom is -0.493 e. The summed E-state index contributed by atoms with van der Waals surface area (Å²) in [6, 6.07) is 19.3. The predicted octanol–water partition coefficient (Wildman–Crippen LogP) is 4.14. The molecule has 3 aromatic carbocycles. The molecule has 0 spiro atoms. The second-order valence-corrected chi connectivity index (χ2v) is 7.32. The summed E-state index contributed by atoms with van der Waals surface area (Å²) < 4.78 is 6.02. The summed E-state index contributed by atoms with van der Waals surface area (Å²) in [7, 11) is 0. The van der Waals surface area contributed by atoms with Crippen molar-refractivity contribution in [2.75, 3.05) is 18.1 Å². The van der Waals surface area contributed by atoms with Gasteiger partial charge in [-0.2, -0.15) is 0 Å². The van der Waals surface area contributed by atoms with Crippen molar-refractivity contribution in [3.05, 3.63) is 71.8 Å². The van der Waals surface area contributed by atoms with Crippen molar-refractivity contribution in [3.63, 3.8) is 0 Å². The smallest absolute Gasteiger partial charge is 0.254 e. The van der Waals surface area contributed by atoms with Crippen LogP contribution in [0.2, 0.25) is 0 Å². The molecule has 3 aromatic rings. The number of rotatable bonds is 6. The lowest BCUT2D eigenvalue weighted by atomic mass is 10.1. The van der Waals surface area contributed by atoms with Crippen LogP contribution in [0.4, 0.5) is 5.69 Å². The van der Waals surface area contributed by atoms with Crippen LogP contribution < -0.4 is 15.0 Å². The average molecular weight is 388 g/mol. The average Bonchev–Trinajstić information content (AvgIpc) is 2.97. The number of benzene rings is 3. The van der Waals surface area contributed by atoms with Gasteiger partial charge in [0.2, 0.25) is 5.91 Å². The molecule has 1 atom stereocenters. The Labute approximate surface area is 170 Å². The van der Waals surface area contributed by atoms with Crippen molar-refractivity contribution in [1.82, 2.24) is 5.32 Å². The van der Waals surface area contributed by atoms with Crippen molar-refractivity contribution >= 4 is 28.3 Å². The van der Waals surface area contributed by atoms with Crippen LogP contribution in [-0.4, -0.2) is 25.0 Å². The largest absolute Gasteiger partial charge is 0.493 e. The Bertz CT molecular complexity index is 1070. The van der Waals surface area contributed by atoms with Crippen molar-refractivity contribution in [3.8, 4) is 5.75 Å². The molecule has 0 saturated heterocycles. The molecule has 148 valence electrons. The second-order valence-electron chi connectivity index (χ2n) is 7.32. The van der Waals surface area contributed by atoms with E-state index in [9.17, 15) is 9.59 Å². The van der Waals surface area contributed by atoms with E-state index in [4.69, 9.17) is 4.74 Å². The summed E-state index contributed by atoms with van der Waals surface area (Å²) in [5, 5.41) is 5.00. The molecule has 1 aliphatic rings. The van der Waals surface area contributed by atoms with E-state index in [2.05, 4.69) is 17.4 Å². The van der Waals surface area contributed by atoms with Gasteiger partial charge in [-0.1, -0.05) is 54.6 Å². The first kappa shape index (κ1) is 19.0. The highest BCUT2D eigenvalue weighted by Crippen LogP contribution is 2.38. The van der Waals surface area contributed by atoms with Crippen LogP contribution in [0, 0.1) is 6.92 Å². The number of amides is 2. The van der Waals surface area contributed by atoms with Gasteiger partial charge in [0.05, 0.1) is 12.3 Å². The predicted molar refractivity (Wildman–Crippen MR) is 114 cm³/mol. The summed E-state index contributed by atoms with van der Waals surface area (Å²) >= 11 is 0. The maximum Gasteiger partial charge on any atom is 0.254 e. The van der Waals surface area contributed by atoms with Gasteiger partial charge in [0.25, 0.3) is 5.91 Å². The SMILES string of the molecule is CC(=O)N[C@H]1C(=O)N(CCCOc2cccc3ccccc23)c2c(C)cccc21. The number of carbonyl (C=O) groups excluding carboxylic acids is 2. The van der Waals surface area contributed by atoms with Crippen molar-refractivity contribution in [1.29, 1.82) is 0 Å². The summed E-state index contributed by atoms with van der Waals surface area (Å²) in [5.74, 6) is 0.551. The molecule has 0 saturated carbocycles. The Balaban J connectivity index is 1.46. The van der Waals surface area contributed by atoms with Gasteiger partial charge >= 0.3 is 0 Å². The van der Waals surface area contributed by atoms with Gasteiger partial charge in [0.15, 0.2) is 0 Å². The fourth-order valence-electron chi connectivity index (χ4n) is 3.97. The number of carbonyl (C=O) groups is 2. The standard InChI is InChI=1S/C24H24N2O3/c1-16-8-5-12-20-22(25-17(2)27)24(28)26(23(16)20)14-7-15-29-21-13-6-10-18-9-3-4-11-19(18)21/h3-6,8-13,22H,7,14-15H2,1-2H3,(H,25,27)/t22-/m1/s1. The number of nitrogens with zero attached hydrogens (tertiary/aromatic N) is 1. The quantitative estimate of drug-likeness (QED) is 0.646. The van der Waals surface area contributed by atoms with Crippen molar-refractivity contribution < 1.29 is 14.3 Å². The fourth-order valence-corrected chi connectivity index (χ4v) is 3.97. The van der Waals surface area contributed by atoms with Gasteiger partial charge in [-0.05, 0) is 30.4 Å². The Kier molecular flexibility index (Phi) is 5.21. The molecule has 0 fully saturated rings. The van der Waals surface area contributed by atoms with Crippen LogP contribution in [0.1, 0.15) is 30.5 Å². The number of nitrogens with one attached hydrogen (secondary N) is 1. The van der Waals surface area contributed by atoms with Gasteiger partial charge in [-0.3, -0.25) is 9.59 Å². The van der Waals surface area contributed by atoms with Crippen LogP contribution in [-0.2, 0) is 9.59 Å². The molecule has 2 amide bonds. The van der Waals surface area contributed by atoms with Crippen LogP contribution in [0.5, 0.6) is 5.75 Å². The van der Waals surface area contributed by atoms with E-state index in [0.717, 1.165) is 33.3 Å². The zero-order valence-electron chi connectivity index (χ0n) is 16.6. The number of aryl methyl sites for hydroxylation is 1. The third-order valence-corrected chi connectivity index (χ3v) is 5.24. The summed E-state index contributed by atoms with van der Waals surface area (Å²) in [5.41, 5.74) is 2.79. The van der Waals surface area contributed by atoms with Crippen molar-refractivity contribution in [2.45, 2.75) is 26.3 Å². The third kappa shape index (κ3) is 3.68. The van der Waals surface area contributed by atoms with Crippen LogP contribution >= 0.6 is 0 Å². The minimum atomic E-state index is -0.610. The number of anilines is 1. The lowest BCUT2D eigenvalue weighted by molar-refractivity contribution is -0.126. The lowest BCUT2D eigenvalue weighted by Crippen LogP contribution is -2.37. The fraction of sp³-hybridized carbons (Fsp3) is 0.250. The Morgan fingerprint density at radius 2 is 1.83 bits per heavy atom. The molecule has 0 aliphatic carbocycles. The number of hydrogen-bond donors (Lipinski definition) is 1. The summed E-state index contributed by atoms with van der Waals surface area (Å²) in [6.45, 7) is 4.46. The topological polar surface area (TPSA) is 58.6 Å². The molecule has 5 nitrogen and oxygen atoms in total. The molecule has 1 heterocycles. The van der Waals surface area contributed by atoms with Crippen LogP contribution in [0.25, 0.3) is 10.8 Å².